The molecule has 1 aromatic rings. The predicted octanol–water partition coefficient (Wildman–Crippen LogP) is 1.19. The summed E-state index contributed by atoms with van der Waals surface area (Å²) < 4.78 is 2.72. The third-order valence-corrected chi connectivity index (χ3v) is 2.29. The molecule has 0 fully saturated rings. The summed E-state index contributed by atoms with van der Waals surface area (Å²) in [6.07, 6.45) is 4.33. The zero-order valence-corrected chi connectivity index (χ0v) is 9.34. The Morgan fingerprint density at radius 2 is 2.62 bits per heavy atom. The molecular weight excluding hydrogens is 283 g/mol. The van der Waals surface area contributed by atoms with Gasteiger partial charge in [-0.25, -0.2) is 0 Å². The Hall–Kier alpha value is -0.790. The molecule has 1 rings (SSSR count). The van der Waals surface area contributed by atoms with Gasteiger partial charge in [-0.05, 0) is 29.0 Å². The summed E-state index contributed by atoms with van der Waals surface area (Å²) in [7, 11) is 0. The number of nitrogens with zero attached hydrogens (tertiary/aromatic N) is 3. The summed E-state index contributed by atoms with van der Waals surface area (Å²) in [5, 5.41) is 15.6. The lowest BCUT2D eigenvalue weighted by Crippen LogP contribution is -2.26. The number of hydrogen-bond donors (Lipinski definition) is 2. The van der Waals surface area contributed by atoms with E-state index in [2.05, 4.69) is 32.8 Å². The van der Waals surface area contributed by atoms with Crippen LogP contribution in [-0.2, 0) is 0 Å². The standard InChI is InChI=1S/C7H11IN4O/c1-2-6(7(9)11-13)12-4-5(8)3-10-12/h3-4,6,13H,2H2,1H3,(H2,9,11). The van der Waals surface area contributed by atoms with Crippen molar-refractivity contribution in [3.8, 4) is 0 Å². The lowest BCUT2D eigenvalue weighted by atomic mass is 10.2. The largest absolute Gasteiger partial charge is 0.409 e. The van der Waals surface area contributed by atoms with Gasteiger partial charge in [0.25, 0.3) is 0 Å². The third-order valence-electron chi connectivity index (χ3n) is 1.73. The zero-order chi connectivity index (χ0) is 9.84. The van der Waals surface area contributed by atoms with E-state index in [-0.39, 0.29) is 11.9 Å². The fraction of sp³-hybridized carbons (Fsp3) is 0.429. The number of aromatic nitrogens is 2. The molecule has 0 spiro atoms. The number of rotatable bonds is 3. The second-order valence-corrected chi connectivity index (χ2v) is 3.83. The van der Waals surface area contributed by atoms with Crippen LogP contribution in [-0.4, -0.2) is 20.8 Å². The van der Waals surface area contributed by atoms with Gasteiger partial charge in [0, 0.05) is 6.20 Å². The van der Waals surface area contributed by atoms with Gasteiger partial charge in [0.1, 0.15) is 6.04 Å². The lowest BCUT2D eigenvalue weighted by Gasteiger charge is -2.12. The number of halogens is 1. The Morgan fingerprint density at radius 3 is 3.00 bits per heavy atom. The minimum atomic E-state index is -0.159. The Kier molecular flexibility index (Phi) is 3.52. The molecule has 0 radical (unpaired) electrons. The number of oxime groups is 1. The van der Waals surface area contributed by atoms with E-state index in [0.29, 0.717) is 0 Å². The maximum atomic E-state index is 8.52. The average Bonchev–Trinajstić information content (AvgIpc) is 2.53. The van der Waals surface area contributed by atoms with Gasteiger partial charge >= 0.3 is 0 Å². The fourth-order valence-corrected chi connectivity index (χ4v) is 1.49. The van der Waals surface area contributed by atoms with Gasteiger partial charge in [-0.3, -0.25) is 4.68 Å². The van der Waals surface area contributed by atoms with Crippen molar-refractivity contribution in [3.05, 3.63) is 16.0 Å². The minimum absolute atomic E-state index is 0.159. The molecule has 0 saturated carbocycles. The molecule has 13 heavy (non-hydrogen) atoms. The molecule has 5 nitrogen and oxygen atoms in total. The van der Waals surface area contributed by atoms with Crippen LogP contribution in [0.3, 0.4) is 0 Å². The SMILES string of the molecule is CCC(/C(N)=N/O)n1cc(I)cn1. The molecule has 0 saturated heterocycles. The first kappa shape index (κ1) is 10.3. The first-order chi connectivity index (χ1) is 6.19. The van der Waals surface area contributed by atoms with Crippen molar-refractivity contribution in [1.29, 1.82) is 0 Å². The average molecular weight is 294 g/mol. The molecule has 1 heterocycles. The Bertz CT molecular complexity index is 309. The van der Waals surface area contributed by atoms with Crippen LogP contribution in [0.4, 0.5) is 0 Å². The molecule has 0 aliphatic heterocycles. The van der Waals surface area contributed by atoms with E-state index in [1.165, 1.54) is 0 Å². The van der Waals surface area contributed by atoms with Crippen LogP contribution in [0.5, 0.6) is 0 Å². The minimum Gasteiger partial charge on any atom is -0.409 e. The van der Waals surface area contributed by atoms with E-state index in [1.54, 1.807) is 10.9 Å². The van der Waals surface area contributed by atoms with Crippen LogP contribution < -0.4 is 5.73 Å². The molecule has 0 amide bonds. The Morgan fingerprint density at radius 1 is 1.92 bits per heavy atom. The summed E-state index contributed by atoms with van der Waals surface area (Å²) in [5.41, 5.74) is 5.51. The van der Waals surface area contributed by atoms with Gasteiger partial charge in [-0.1, -0.05) is 12.1 Å². The van der Waals surface area contributed by atoms with E-state index < -0.39 is 0 Å². The van der Waals surface area contributed by atoms with Crippen molar-refractivity contribution >= 4 is 28.4 Å². The van der Waals surface area contributed by atoms with E-state index >= 15 is 0 Å². The van der Waals surface area contributed by atoms with Gasteiger partial charge in [-0.15, -0.1) is 0 Å². The Balaban J connectivity index is 2.90. The molecule has 72 valence electrons. The van der Waals surface area contributed by atoms with Crippen molar-refractivity contribution < 1.29 is 5.21 Å². The summed E-state index contributed by atoms with van der Waals surface area (Å²) in [5.74, 6) is 0.182. The van der Waals surface area contributed by atoms with Gasteiger partial charge in [0.2, 0.25) is 0 Å². The topological polar surface area (TPSA) is 76.4 Å². The van der Waals surface area contributed by atoms with Crippen molar-refractivity contribution in [2.45, 2.75) is 19.4 Å². The number of hydrogen-bond acceptors (Lipinski definition) is 3. The molecule has 0 aromatic carbocycles. The normalized spacial score (nSPS) is 14.5. The second-order valence-electron chi connectivity index (χ2n) is 2.59. The summed E-state index contributed by atoms with van der Waals surface area (Å²) in [6.45, 7) is 1.96. The number of nitrogens with two attached hydrogens (primary N) is 1. The van der Waals surface area contributed by atoms with E-state index in [0.717, 1.165) is 9.99 Å². The van der Waals surface area contributed by atoms with E-state index in [9.17, 15) is 0 Å². The van der Waals surface area contributed by atoms with Crippen LogP contribution in [0, 0.1) is 3.57 Å². The molecule has 1 atom stereocenters. The highest BCUT2D eigenvalue weighted by atomic mass is 127. The highest BCUT2D eigenvalue weighted by Gasteiger charge is 2.14. The fourth-order valence-electron chi connectivity index (χ4n) is 1.08. The molecule has 1 aromatic heterocycles. The molecule has 3 N–H and O–H groups in total. The van der Waals surface area contributed by atoms with Crippen LogP contribution in [0.25, 0.3) is 0 Å². The van der Waals surface area contributed by atoms with Gasteiger partial charge < -0.3 is 10.9 Å². The van der Waals surface area contributed by atoms with Crippen molar-refractivity contribution in [1.82, 2.24) is 9.78 Å². The zero-order valence-electron chi connectivity index (χ0n) is 7.18. The third kappa shape index (κ3) is 2.33. The van der Waals surface area contributed by atoms with Crippen LogP contribution >= 0.6 is 22.6 Å². The van der Waals surface area contributed by atoms with Gasteiger partial charge in [-0.2, -0.15) is 5.10 Å². The van der Waals surface area contributed by atoms with Crippen molar-refractivity contribution in [2.24, 2.45) is 10.9 Å². The summed E-state index contributed by atoms with van der Waals surface area (Å²) in [4.78, 5) is 0. The van der Waals surface area contributed by atoms with Crippen LogP contribution in [0.2, 0.25) is 0 Å². The molecule has 0 aliphatic carbocycles. The maximum absolute atomic E-state index is 8.52. The summed E-state index contributed by atoms with van der Waals surface area (Å²) >= 11 is 2.16. The predicted molar refractivity (Wildman–Crippen MR) is 57.7 cm³/mol. The van der Waals surface area contributed by atoms with Crippen LogP contribution in [0.1, 0.15) is 19.4 Å². The van der Waals surface area contributed by atoms with E-state index in [1.807, 2.05) is 13.1 Å². The quantitative estimate of drug-likeness (QED) is 0.289. The molecular formula is C7H11IN4O. The van der Waals surface area contributed by atoms with Crippen molar-refractivity contribution in [3.63, 3.8) is 0 Å². The first-order valence-electron chi connectivity index (χ1n) is 3.86. The van der Waals surface area contributed by atoms with Crippen LogP contribution in [0.15, 0.2) is 17.5 Å². The monoisotopic (exact) mass is 294 g/mol. The van der Waals surface area contributed by atoms with Gasteiger partial charge in [0.15, 0.2) is 5.84 Å². The molecule has 0 bridgehead atoms. The number of amidine groups is 1. The van der Waals surface area contributed by atoms with E-state index in [4.69, 9.17) is 10.9 Å². The van der Waals surface area contributed by atoms with Gasteiger partial charge in [0.05, 0.1) is 9.77 Å². The Labute approximate surface area is 89.7 Å². The maximum Gasteiger partial charge on any atom is 0.164 e. The second kappa shape index (κ2) is 4.45. The first-order valence-corrected chi connectivity index (χ1v) is 4.94. The lowest BCUT2D eigenvalue weighted by molar-refractivity contribution is 0.312. The smallest absolute Gasteiger partial charge is 0.164 e. The molecule has 1 unspecified atom stereocenters. The van der Waals surface area contributed by atoms with Crippen molar-refractivity contribution in [2.75, 3.05) is 0 Å². The summed E-state index contributed by atoms with van der Waals surface area (Å²) in [6, 6.07) is -0.159. The molecule has 6 heteroatoms. The molecule has 0 aliphatic rings. The highest BCUT2D eigenvalue weighted by Crippen LogP contribution is 2.12. The highest BCUT2D eigenvalue weighted by molar-refractivity contribution is 14.1.